The molecule has 0 atom stereocenters. The van der Waals surface area contributed by atoms with Gasteiger partial charge in [0.05, 0.1) is 18.4 Å². The van der Waals surface area contributed by atoms with Gasteiger partial charge in [-0.05, 0) is 18.6 Å². The largest absolute Gasteiger partial charge is 0.450 e. The van der Waals surface area contributed by atoms with Crippen LogP contribution in [-0.2, 0) is 16.1 Å². The van der Waals surface area contributed by atoms with E-state index in [1.807, 2.05) is 18.2 Å². The van der Waals surface area contributed by atoms with Crippen LogP contribution >= 0.6 is 11.6 Å². The van der Waals surface area contributed by atoms with Crippen LogP contribution < -0.4 is 5.32 Å². The Hall–Kier alpha value is -3.13. The molecule has 2 heterocycles. The minimum absolute atomic E-state index is 0.0564. The van der Waals surface area contributed by atoms with Crippen LogP contribution in [0.4, 0.5) is 5.82 Å². The number of amides is 1. The quantitative estimate of drug-likeness (QED) is 0.666. The van der Waals surface area contributed by atoms with E-state index < -0.39 is 18.5 Å². The van der Waals surface area contributed by atoms with Gasteiger partial charge in [0.1, 0.15) is 5.82 Å². The number of anilines is 1. The van der Waals surface area contributed by atoms with Crippen molar-refractivity contribution < 1.29 is 18.8 Å². The molecule has 3 aromatic rings. The lowest BCUT2D eigenvalue weighted by atomic mass is 10.2. The van der Waals surface area contributed by atoms with Gasteiger partial charge < -0.3 is 14.6 Å². The highest BCUT2D eigenvalue weighted by molar-refractivity contribution is 6.31. The van der Waals surface area contributed by atoms with Crippen LogP contribution in [0.15, 0.2) is 47.1 Å². The Kier molecular flexibility index (Phi) is 5.33. The fourth-order valence-corrected chi connectivity index (χ4v) is 2.39. The molecule has 0 unspecified atom stereocenters. The van der Waals surface area contributed by atoms with Crippen molar-refractivity contribution in [3.05, 3.63) is 64.6 Å². The molecule has 1 aromatic carbocycles. The summed E-state index contributed by atoms with van der Waals surface area (Å²) in [6, 6.07) is 10.4. The summed E-state index contributed by atoms with van der Waals surface area (Å²) in [5, 5.41) is 11.0. The first kappa shape index (κ1) is 17.7. The van der Waals surface area contributed by atoms with Crippen molar-refractivity contribution >= 4 is 29.3 Å². The number of carbonyl (C=O) groups excluding carboxylic acids is 2. The van der Waals surface area contributed by atoms with Gasteiger partial charge in [-0.3, -0.25) is 4.79 Å². The molecule has 0 aliphatic heterocycles. The highest BCUT2D eigenvalue weighted by atomic mass is 35.5. The molecule has 0 saturated carbocycles. The maximum Gasteiger partial charge on any atom is 0.377 e. The lowest BCUT2D eigenvalue weighted by Crippen LogP contribution is -2.22. The van der Waals surface area contributed by atoms with E-state index in [1.54, 1.807) is 29.9 Å². The van der Waals surface area contributed by atoms with E-state index in [9.17, 15) is 9.59 Å². The number of aromatic nitrogens is 3. The van der Waals surface area contributed by atoms with E-state index in [2.05, 4.69) is 15.6 Å². The molecular weight excluding hydrogens is 360 g/mol. The van der Waals surface area contributed by atoms with Crippen molar-refractivity contribution in [1.29, 1.82) is 0 Å². The number of nitrogens with one attached hydrogen (secondary N) is 1. The van der Waals surface area contributed by atoms with Crippen LogP contribution in [0.5, 0.6) is 0 Å². The Bertz CT molecular complexity index is 934. The molecule has 26 heavy (non-hydrogen) atoms. The SMILES string of the molecule is Cc1cc(C(=O)OCC(=O)Nc2ccnn2Cc2ccccc2Cl)on1. The smallest absolute Gasteiger partial charge is 0.377 e. The fourth-order valence-electron chi connectivity index (χ4n) is 2.19. The van der Waals surface area contributed by atoms with Crippen molar-refractivity contribution in [1.82, 2.24) is 14.9 Å². The lowest BCUT2D eigenvalue weighted by molar-refractivity contribution is -0.119. The third-order valence-electron chi connectivity index (χ3n) is 3.43. The molecule has 8 nitrogen and oxygen atoms in total. The fraction of sp³-hybridized carbons (Fsp3) is 0.176. The normalized spacial score (nSPS) is 10.5. The van der Waals surface area contributed by atoms with E-state index in [0.29, 0.717) is 23.1 Å². The molecule has 0 fully saturated rings. The Morgan fingerprint density at radius 3 is 2.85 bits per heavy atom. The molecule has 3 rings (SSSR count). The zero-order valence-electron chi connectivity index (χ0n) is 13.8. The molecule has 0 aliphatic rings. The first-order valence-corrected chi connectivity index (χ1v) is 8.06. The summed E-state index contributed by atoms with van der Waals surface area (Å²) >= 11 is 6.14. The Morgan fingerprint density at radius 2 is 2.12 bits per heavy atom. The third kappa shape index (κ3) is 4.28. The number of halogens is 1. The van der Waals surface area contributed by atoms with Gasteiger partial charge in [-0.25, -0.2) is 9.48 Å². The summed E-state index contributed by atoms with van der Waals surface area (Å²) in [6.45, 7) is 1.60. The van der Waals surface area contributed by atoms with E-state index in [1.165, 1.54) is 6.07 Å². The van der Waals surface area contributed by atoms with Crippen LogP contribution in [0.25, 0.3) is 0 Å². The Labute approximate surface area is 153 Å². The van der Waals surface area contributed by atoms with E-state index >= 15 is 0 Å². The number of hydrogen-bond acceptors (Lipinski definition) is 6. The third-order valence-corrected chi connectivity index (χ3v) is 3.79. The first-order chi connectivity index (χ1) is 12.5. The van der Waals surface area contributed by atoms with Crippen molar-refractivity contribution in [3.63, 3.8) is 0 Å². The second-order valence-electron chi connectivity index (χ2n) is 5.42. The minimum atomic E-state index is -0.759. The highest BCUT2D eigenvalue weighted by Crippen LogP contribution is 2.18. The first-order valence-electron chi connectivity index (χ1n) is 7.68. The maximum atomic E-state index is 12.0. The summed E-state index contributed by atoms with van der Waals surface area (Å²) in [5.41, 5.74) is 1.41. The van der Waals surface area contributed by atoms with E-state index in [0.717, 1.165) is 5.56 Å². The topological polar surface area (TPSA) is 99.2 Å². The number of esters is 1. The molecule has 0 saturated heterocycles. The van der Waals surface area contributed by atoms with Crippen LogP contribution in [0.1, 0.15) is 21.8 Å². The number of rotatable bonds is 6. The number of benzene rings is 1. The van der Waals surface area contributed by atoms with E-state index in [4.69, 9.17) is 20.9 Å². The van der Waals surface area contributed by atoms with Gasteiger partial charge in [-0.2, -0.15) is 5.10 Å². The molecular formula is C17H15ClN4O4. The second-order valence-corrected chi connectivity index (χ2v) is 5.83. The lowest BCUT2D eigenvalue weighted by Gasteiger charge is -2.10. The number of nitrogens with zero attached hydrogens (tertiary/aromatic N) is 3. The predicted molar refractivity (Wildman–Crippen MR) is 92.9 cm³/mol. The summed E-state index contributed by atoms with van der Waals surface area (Å²) in [7, 11) is 0. The maximum absolute atomic E-state index is 12.0. The Morgan fingerprint density at radius 1 is 1.31 bits per heavy atom. The van der Waals surface area contributed by atoms with Crippen LogP contribution in [0.3, 0.4) is 0 Å². The van der Waals surface area contributed by atoms with Crippen molar-refractivity contribution in [2.24, 2.45) is 0 Å². The van der Waals surface area contributed by atoms with Crippen molar-refractivity contribution in [2.45, 2.75) is 13.5 Å². The number of ether oxygens (including phenoxy) is 1. The summed E-state index contributed by atoms with van der Waals surface area (Å²) in [4.78, 5) is 23.8. The molecule has 9 heteroatoms. The number of aryl methyl sites for hydroxylation is 1. The van der Waals surface area contributed by atoms with Gasteiger partial charge in [0.2, 0.25) is 5.76 Å². The van der Waals surface area contributed by atoms with Gasteiger partial charge in [0.15, 0.2) is 6.61 Å². The predicted octanol–water partition coefficient (Wildman–Crippen LogP) is 2.68. The molecule has 0 spiro atoms. The van der Waals surface area contributed by atoms with Crippen molar-refractivity contribution in [2.75, 3.05) is 11.9 Å². The average molecular weight is 375 g/mol. The van der Waals surface area contributed by atoms with Gasteiger partial charge in [-0.15, -0.1) is 0 Å². The molecule has 0 radical (unpaired) electrons. The minimum Gasteiger partial charge on any atom is -0.450 e. The summed E-state index contributed by atoms with van der Waals surface area (Å²) < 4.78 is 11.3. The van der Waals surface area contributed by atoms with E-state index in [-0.39, 0.29) is 5.76 Å². The molecule has 2 aromatic heterocycles. The van der Waals surface area contributed by atoms with Crippen LogP contribution in [0.2, 0.25) is 5.02 Å². The van der Waals surface area contributed by atoms with Gasteiger partial charge >= 0.3 is 5.97 Å². The zero-order valence-corrected chi connectivity index (χ0v) is 14.6. The molecule has 0 aliphatic carbocycles. The molecule has 134 valence electrons. The average Bonchev–Trinajstić information content (AvgIpc) is 3.24. The number of carbonyl (C=O) groups is 2. The van der Waals surface area contributed by atoms with Crippen molar-refractivity contribution in [3.8, 4) is 0 Å². The van der Waals surface area contributed by atoms with Gasteiger partial charge in [0, 0.05) is 17.2 Å². The van der Waals surface area contributed by atoms with Crippen LogP contribution in [0, 0.1) is 6.92 Å². The Balaban J connectivity index is 1.57. The number of hydrogen-bond donors (Lipinski definition) is 1. The molecule has 1 amide bonds. The monoisotopic (exact) mass is 374 g/mol. The molecule has 1 N–H and O–H groups in total. The summed E-state index contributed by atoms with van der Waals surface area (Å²) in [5.74, 6) is -0.860. The summed E-state index contributed by atoms with van der Waals surface area (Å²) in [6.07, 6.45) is 1.55. The second kappa shape index (κ2) is 7.83. The zero-order chi connectivity index (χ0) is 18.5. The molecule has 0 bridgehead atoms. The standard InChI is InChI=1S/C17H15ClN4O4/c1-11-8-14(26-21-11)17(24)25-10-16(23)20-15-6-7-19-22(15)9-12-4-2-3-5-13(12)18/h2-8H,9-10H2,1H3,(H,20,23). The van der Waals surface area contributed by atoms with Crippen LogP contribution in [-0.4, -0.2) is 33.4 Å². The van der Waals surface area contributed by atoms with Gasteiger partial charge in [-0.1, -0.05) is 35.0 Å². The van der Waals surface area contributed by atoms with Gasteiger partial charge in [0.25, 0.3) is 5.91 Å². The highest BCUT2D eigenvalue weighted by Gasteiger charge is 2.16.